The van der Waals surface area contributed by atoms with Crippen LogP contribution in [0.1, 0.15) is 0 Å². The Labute approximate surface area is 79.4 Å². The van der Waals surface area contributed by atoms with E-state index in [9.17, 15) is 0 Å². The van der Waals surface area contributed by atoms with Crippen molar-refractivity contribution >= 4 is 11.0 Å². The Hall–Kier alpha value is 2.53. The Morgan fingerprint density at radius 3 is 1.00 bits per heavy atom. The molecule has 0 saturated heterocycles. The van der Waals surface area contributed by atoms with E-state index in [1.165, 1.54) is 0 Å². The molecule has 0 aliphatic carbocycles. The van der Waals surface area contributed by atoms with Crippen molar-refractivity contribution in [3.63, 3.8) is 0 Å². The quantitative estimate of drug-likeness (QED) is 0.494. The van der Waals surface area contributed by atoms with Gasteiger partial charge in [0.15, 0.2) is 0 Å². The average Bonchev–Trinajstić information content (AvgIpc) is 0. The van der Waals surface area contributed by atoms with Gasteiger partial charge >= 0.3 is 0 Å². The molecular formula is H3MoNbSiZr. The molecule has 0 aliphatic rings. The van der Waals surface area contributed by atoms with Crippen LogP contribution in [0, 0.1) is 0 Å². The van der Waals surface area contributed by atoms with Crippen LogP contribution in [-0.4, -0.2) is 11.0 Å². The third kappa shape index (κ3) is 8.82. The third-order valence-corrected chi connectivity index (χ3v) is 0. The second-order valence-corrected chi connectivity index (χ2v) is 0. The Morgan fingerprint density at radius 1 is 1.00 bits per heavy atom. The molecule has 0 spiro atoms. The van der Waals surface area contributed by atoms with Gasteiger partial charge in [-0.05, 0) is 11.0 Å². The molecule has 0 heterocycles. The third-order valence-electron chi connectivity index (χ3n) is 0. The summed E-state index contributed by atoms with van der Waals surface area (Å²) in [4.78, 5) is 0. The zero-order chi connectivity index (χ0) is 0. The molecule has 0 nitrogen and oxygen atoms in total. The molecule has 0 aromatic rings. The first-order chi connectivity index (χ1) is 0. The molecule has 0 N–H and O–H groups in total. The second kappa shape index (κ2) is 17.7. The molecule has 0 amide bonds. The SMILES string of the molecule is [Mo].[Nb].[SiH3].[Zr]. The first-order valence-corrected chi connectivity index (χ1v) is 0. The van der Waals surface area contributed by atoms with Crippen LogP contribution in [0.5, 0.6) is 0 Å². The topological polar surface area (TPSA) is 0 Å². The predicted octanol–water partition coefficient (Wildman–Crippen LogP) is -1.19. The molecule has 2 radical (unpaired) electrons. The van der Waals surface area contributed by atoms with Gasteiger partial charge in [0.25, 0.3) is 0 Å². The van der Waals surface area contributed by atoms with Crippen molar-refractivity contribution in [2.75, 3.05) is 0 Å². The summed E-state index contributed by atoms with van der Waals surface area (Å²) in [5.74, 6) is 0. The summed E-state index contributed by atoms with van der Waals surface area (Å²) in [7, 11) is 0. The molecular weight excluding hydrogens is 308 g/mol. The first-order valence-electron chi connectivity index (χ1n) is 0. The maximum absolute atomic E-state index is 0. The largest absolute Gasteiger partial charge is 0.0125 e. The fraction of sp³-hybridized carbons (Fsp3) is 0. The van der Waals surface area contributed by atoms with Crippen molar-refractivity contribution in [2.45, 2.75) is 0 Å². The van der Waals surface area contributed by atoms with Gasteiger partial charge in [0.05, 0.1) is 0 Å². The van der Waals surface area contributed by atoms with E-state index in [1.54, 1.807) is 0 Å². The van der Waals surface area contributed by atoms with Gasteiger partial charge in [0, 0.05) is 69.6 Å². The molecule has 0 unspecified atom stereocenters. The van der Waals surface area contributed by atoms with E-state index in [4.69, 9.17) is 0 Å². The molecule has 0 aromatic heterocycles. The van der Waals surface area contributed by atoms with E-state index >= 15 is 0 Å². The molecule has 4 heavy (non-hydrogen) atoms. The van der Waals surface area contributed by atoms with E-state index in [0.717, 1.165) is 0 Å². The van der Waals surface area contributed by atoms with Crippen molar-refractivity contribution in [1.82, 2.24) is 0 Å². The van der Waals surface area contributed by atoms with E-state index in [-0.39, 0.29) is 80.6 Å². The molecule has 4 heteroatoms. The van der Waals surface area contributed by atoms with Crippen molar-refractivity contribution in [3.05, 3.63) is 0 Å². The molecule has 22 valence electrons. The van der Waals surface area contributed by atoms with E-state index in [2.05, 4.69) is 0 Å². The van der Waals surface area contributed by atoms with Crippen molar-refractivity contribution in [2.24, 2.45) is 0 Å². The molecule has 0 atom stereocenters. The minimum absolute atomic E-state index is 0. The molecule has 0 saturated carbocycles. The van der Waals surface area contributed by atoms with Crippen LogP contribution >= 0.6 is 0 Å². The van der Waals surface area contributed by atoms with Gasteiger partial charge in [-0.2, -0.15) is 0 Å². The first kappa shape index (κ1) is 31.2. The van der Waals surface area contributed by atoms with Crippen LogP contribution in [0.25, 0.3) is 0 Å². The van der Waals surface area contributed by atoms with Crippen LogP contribution in [0.15, 0.2) is 0 Å². The van der Waals surface area contributed by atoms with Gasteiger partial charge in [-0.25, -0.2) is 0 Å². The van der Waals surface area contributed by atoms with Gasteiger partial charge in [0.1, 0.15) is 0 Å². The summed E-state index contributed by atoms with van der Waals surface area (Å²) in [5, 5.41) is 0. The normalized spacial score (nSPS) is 0. The maximum atomic E-state index is 0. The molecule has 0 rings (SSSR count). The minimum atomic E-state index is 0. The molecule has 0 aliphatic heterocycles. The van der Waals surface area contributed by atoms with Crippen LogP contribution in [0.2, 0.25) is 0 Å². The van der Waals surface area contributed by atoms with Gasteiger partial charge < -0.3 is 0 Å². The zero-order valence-corrected chi connectivity index (χ0v) is 11.0. The van der Waals surface area contributed by atoms with Crippen LogP contribution in [-0.2, 0) is 69.6 Å². The Morgan fingerprint density at radius 2 is 1.00 bits per heavy atom. The monoisotopic (exact) mass is 312 g/mol. The minimum Gasteiger partial charge on any atom is -0.0125 e. The second-order valence-electron chi connectivity index (χ2n) is 0. The number of hydrogen-bond donors (Lipinski definition) is 0. The van der Waals surface area contributed by atoms with E-state index in [1.807, 2.05) is 0 Å². The molecule has 0 fully saturated rings. The Balaban J connectivity index is 0. The molecule has 0 bridgehead atoms. The standard InChI is InChI=1S/Mo.Nb.H3Si.Zr/h;;1H3;. The maximum Gasteiger partial charge on any atom is 0 e. The van der Waals surface area contributed by atoms with Crippen LogP contribution in [0.3, 0.4) is 0 Å². The van der Waals surface area contributed by atoms with Gasteiger partial charge in [-0.1, -0.05) is 0 Å². The summed E-state index contributed by atoms with van der Waals surface area (Å²) < 4.78 is 0. The number of hydrogen-bond acceptors (Lipinski definition) is 0. The fourth-order valence-corrected chi connectivity index (χ4v) is 0. The van der Waals surface area contributed by atoms with Crippen molar-refractivity contribution in [1.29, 1.82) is 0 Å². The predicted molar refractivity (Wildman–Crippen MR) is 9.94 cm³/mol. The van der Waals surface area contributed by atoms with Crippen LogP contribution < -0.4 is 0 Å². The zero-order valence-electron chi connectivity index (χ0n) is 2.36. The Bertz CT molecular complexity index is 8.00. The summed E-state index contributed by atoms with van der Waals surface area (Å²) in [6.45, 7) is 0. The smallest absolute Gasteiger partial charge is 0 e. The van der Waals surface area contributed by atoms with Crippen molar-refractivity contribution < 1.29 is 69.6 Å². The van der Waals surface area contributed by atoms with E-state index < -0.39 is 0 Å². The molecule has 0 aromatic carbocycles. The summed E-state index contributed by atoms with van der Waals surface area (Å²) >= 11 is 0. The van der Waals surface area contributed by atoms with Gasteiger partial charge in [0.2, 0.25) is 0 Å². The Kier molecular flexibility index (Phi) is 138. The van der Waals surface area contributed by atoms with Crippen molar-refractivity contribution in [3.8, 4) is 0 Å². The van der Waals surface area contributed by atoms with Gasteiger partial charge in [-0.3, -0.25) is 0 Å². The summed E-state index contributed by atoms with van der Waals surface area (Å²) in [5.41, 5.74) is 0. The summed E-state index contributed by atoms with van der Waals surface area (Å²) in [6.07, 6.45) is 0. The van der Waals surface area contributed by atoms with E-state index in [0.29, 0.717) is 0 Å². The van der Waals surface area contributed by atoms with Gasteiger partial charge in [-0.15, -0.1) is 0 Å². The fourth-order valence-electron chi connectivity index (χ4n) is 0. The average molecular weight is 311 g/mol. The number of rotatable bonds is 0. The van der Waals surface area contributed by atoms with Crippen LogP contribution in [0.4, 0.5) is 0 Å². The summed E-state index contributed by atoms with van der Waals surface area (Å²) in [6, 6.07) is 0.